The highest BCUT2D eigenvalue weighted by Gasteiger charge is 2.35. The first kappa shape index (κ1) is 26.9. The molecule has 0 saturated carbocycles. The van der Waals surface area contributed by atoms with Crippen LogP contribution in [0.3, 0.4) is 0 Å². The Labute approximate surface area is 225 Å². The van der Waals surface area contributed by atoms with E-state index in [1.165, 1.54) is 24.3 Å². The number of carbonyl (C=O) groups excluding carboxylic acids is 3. The first-order valence-electron chi connectivity index (χ1n) is 11.5. The normalized spacial score (nSPS) is 14.7. The van der Waals surface area contributed by atoms with Crippen LogP contribution in [0, 0.1) is 5.82 Å². The zero-order valence-corrected chi connectivity index (χ0v) is 22.4. The number of carbonyl (C=O) groups is 3. The van der Waals surface area contributed by atoms with Gasteiger partial charge in [0, 0.05) is 47.4 Å². The molecule has 11 heteroatoms. The Morgan fingerprint density at radius 2 is 1.95 bits per heavy atom. The van der Waals surface area contributed by atoms with Crippen LogP contribution >= 0.6 is 27.7 Å². The van der Waals surface area contributed by atoms with Crippen molar-refractivity contribution in [3.05, 3.63) is 69.4 Å². The molecule has 0 spiro atoms. The summed E-state index contributed by atoms with van der Waals surface area (Å²) in [6.07, 6.45) is 4.20. The second-order valence-corrected chi connectivity index (χ2v) is 10.1. The first-order valence-corrected chi connectivity index (χ1v) is 13.1. The Kier molecular flexibility index (Phi) is 9.01. The van der Waals surface area contributed by atoms with Gasteiger partial charge in [0.1, 0.15) is 24.7 Å². The maximum atomic E-state index is 13.0. The van der Waals surface area contributed by atoms with Gasteiger partial charge in [-0.25, -0.2) is 4.39 Å². The lowest BCUT2D eigenvalue weighted by Crippen LogP contribution is -2.32. The number of nitrogens with zero attached hydrogens (tertiary/aromatic N) is 2. The molecule has 0 aliphatic carbocycles. The van der Waals surface area contributed by atoms with Crippen LogP contribution in [0.4, 0.5) is 9.18 Å². The Hall–Kier alpha value is -3.15. The van der Waals surface area contributed by atoms with Crippen LogP contribution in [0.25, 0.3) is 17.0 Å². The average Bonchev–Trinajstić information content (AvgIpc) is 3.33. The SMILES string of the molecule is COCCCNC(=O)Cn1cc(/C=C2\SC(=O)N(CCOc3ccc(F)cc3)C2=O)c2cc(Br)ccc21. The highest BCUT2D eigenvalue weighted by atomic mass is 79.9. The molecule has 3 aromatic rings. The van der Waals surface area contributed by atoms with E-state index in [0.29, 0.717) is 18.9 Å². The maximum Gasteiger partial charge on any atom is 0.293 e. The molecule has 1 saturated heterocycles. The predicted molar refractivity (Wildman–Crippen MR) is 144 cm³/mol. The van der Waals surface area contributed by atoms with Gasteiger partial charge in [-0.3, -0.25) is 19.3 Å². The Balaban J connectivity index is 1.48. The van der Waals surface area contributed by atoms with Gasteiger partial charge in [0.05, 0.1) is 11.4 Å². The minimum absolute atomic E-state index is 0.0654. The summed E-state index contributed by atoms with van der Waals surface area (Å²) in [6.45, 7) is 1.35. The number of benzene rings is 2. The average molecular weight is 590 g/mol. The third-order valence-electron chi connectivity index (χ3n) is 5.59. The summed E-state index contributed by atoms with van der Waals surface area (Å²) in [6, 6.07) is 11.2. The van der Waals surface area contributed by atoms with E-state index in [1.807, 2.05) is 22.8 Å². The van der Waals surface area contributed by atoms with E-state index < -0.39 is 5.91 Å². The quantitative estimate of drug-likeness (QED) is 0.255. The van der Waals surface area contributed by atoms with Crippen molar-refractivity contribution in [1.82, 2.24) is 14.8 Å². The van der Waals surface area contributed by atoms with Crippen molar-refractivity contribution in [2.75, 3.05) is 33.4 Å². The highest BCUT2D eigenvalue weighted by Crippen LogP contribution is 2.34. The molecule has 0 atom stereocenters. The molecule has 1 aromatic heterocycles. The number of nitrogens with one attached hydrogen (secondary N) is 1. The lowest BCUT2D eigenvalue weighted by Gasteiger charge is -2.13. The Bertz CT molecular complexity index is 1340. The van der Waals surface area contributed by atoms with Gasteiger partial charge >= 0.3 is 0 Å². The van der Waals surface area contributed by atoms with Crippen molar-refractivity contribution in [3.8, 4) is 5.75 Å². The van der Waals surface area contributed by atoms with Gasteiger partial charge in [-0.2, -0.15) is 0 Å². The molecule has 194 valence electrons. The molecule has 1 aliphatic heterocycles. The molecule has 1 N–H and O–H groups in total. The maximum absolute atomic E-state index is 13.0. The number of hydrogen-bond donors (Lipinski definition) is 1. The molecule has 0 unspecified atom stereocenters. The fourth-order valence-corrected chi connectivity index (χ4v) is 5.03. The Morgan fingerprint density at radius 1 is 1.16 bits per heavy atom. The van der Waals surface area contributed by atoms with Gasteiger partial charge in [-0.1, -0.05) is 15.9 Å². The van der Waals surface area contributed by atoms with Gasteiger partial charge in [0.25, 0.3) is 11.1 Å². The number of fused-ring (bicyclic) bond motifs is 1. The standard InChI is InChI=1S/C26H25BrFN3O5S/c1-35-11-2-9-29-24(32)16-30-15-17(21-14-18(27)3-8-22(21)30)13-23-25(33)31(26(34)37-23)10-12-36-20-6-4-19(28)5-7-20/h3-8,13-15H,2,9-12,16H2,1H3,(H,29,32)/b23-13-. The van der Waals surface area contributed by atoms with Crippen molar-refractivity contribution in [1.29, 1.82) is 0 Å². The van der Waals surface area contributed by atoms with Gasteiger partial charge in [-0.05, 0) is 66.7 Å². The molecular weight excluding hydrogens is 565 g/mol. The summed E-state index contributed by atoms with van der Waals surface area (Å²) in [5.41, 5.74) is 1.55. The van der Waals surface area contributed by atoms with Crippen LogP contribution in [-0.2, 0) is 20.9 Å². The van der Waals surface area contributed by atoms with E-state index in [9.17, 15) is 18.8 Å². The van der Waals surface area contributed by atoms with Crippen LogP contribution in [0.15, 0.2) is 58.0 Å². The summed E-state index contributed by atoms with van der Waals surface area (Å²) < 4.78 is 26.3. The van der Waals surface area contributed by atoms with Crippen molar-refractivity contribution in [2.45, 2.75) is 13.0 Å². The summed E-state index contributed by atoms with van der Waals surface area (Å²) in [5.74, 6) is -0.474. The summed E-state index contributed by atoms with van der Waals surface area (Å²) >= 11 is 4.34. The first-order chi connectivity index (χ1) is 17.9. The topological polar surface area (TPSA) is 89.9 Å². The molecule has 8 nitrogen and oxygen atoms in total. The molecule has 1 fully saturated rings. The molecule has 2 heterocycles. The lowest BCUT2D eigenvalue weighted by molar-refractivity contribution is -0.123. The number of ether oxygens (including phenoxy) is 2. The van der Waals surface area contributed by atoms with Gasteiger partial charge in [0.15, 0.2) is 0 Å². The molecule has 4 rings (SSSR count). The van der Waals surface area contributed by atoms with Crippen LogP contribution in [-0.4, -0.2) is 59.9 Å². The van der Waals surface area contributed by atoms with E-state index in [4.69, 9.17) is 9.47 Å². The van der Waals surface area contributed by atoms with Crippen molar-refractivity contribution >= 4 is 61.7 Å². The number of hydrogen-bond acceptors (Lipinski definition) is 6. The van der Waals surface area contributed by atoms with Crippen LogP contribution in [0.2, 0.25) is 0 Å². The number of methoxy groups -OCH3 is 1. The fraction of sp³-hybridized carbons (Fsp3) is 0.269. The molecule has 2 aromatic carbocycles. The van der Waals surface area contributed by atoms with E-state index in [2.05, 4.69) is 21.2 Å². The summed E-state index contributed by atoms with van der Waals surface area (Å²) in [7, 11) is 1.61. The zero-order chi connectivity index (χ0) is 26.4. The molecule has 0 radical (unpaired) electrons. The monoisotopic (exact) mass is 589 g/mol. The minimum Gasteiger partial charge on any atom is -0.492 e. The number of aromatic nitrogens is 1. The second kappa shape index (κ2) is 12.4. The smallest absolute Gasteiger partial charge is 0.293 e. The number of imide groups is 1. The van der Waals surface area contributed by atoms with E-state index >= 15 is 0 Å². The minimum atomic E-state index is -0.413. The van der Waals surface area contributed by atoms with Crippen molar-refractivity contribution in [2.24, 2.45) is 0 Å². The number of amides is 3. The Morgan fingerprint density at radius 3 is 2.70 bits per heavy atom. The van der Waals surface area contributed by atoms with Crippen molar-refractivity contribution < 1.29 is 28.2 Å². The van der Waals surface area contributed by atoms with Crippen LogP contribution in [0.1, 0.15) is 12.0 Å². The number of halogens is 2. The number of thioether (sulfide) groups is 1. The van der Waals surface area contributed by atoms with Crippen molar-refractivity contribution in [3.63, 3.8) is 0 Å². The fourth-order valence-electron chi connectivity index (χ4n) is 3.82. The molecule has 3 amide bonds. The van der Waals surface area contributed by atoms with E-state index in [1.54, 1.807) is 19.4 Å². The summed E-state index contributed by atoms with van der Waals surface area (Å²) in [4.78, 5) is 39.4. The van der Waals surface area contributed by atoms with Crippen LogP contribution in [0.5, 0.6) is 5.75 Å². The molecule has 1 aliphatic rings. The third-order valence-corrected chi connectivity index (χ3v) is 6.99. The largest absolute Gasteiger partial charge is 0.492 e. The second-order valence-electron chi connectivity index (χ2n) is 8.21. The van der Waals surface area contributed by atoms with E-state index in [0.717, 1.165) is 44.0 Å². The highest BCUT2D eigenvalue weighted by molar-refractivity contribution is 9.10. The third kappa shape index (κ3) is 6.79. The summed E-state index contributed by atoms with van der Waals surface area (Å²) in [5, 5.41) is 3.32. The van der Waals surface area contributed by atoms with E-state index in [-0.39, 0.29) is 41.6 Å². The molecule has 37 heavy (non-hydrogen) atoms. The number of rotatable bonds is 11. The predicted octanol–water partition coefficient (Wildman–Crippen LogP) is 4.81. The van der Waals surface area contributed by atoms with Gasteiger partial charge in [0.2, 0.25) is 5.91 Å². The van der Waals surface area contributed by atoms with Crippen LogP contribution < -0.4 is 10.1 Å². The molecule has 0 bridgehead atoms. The zero-order valence-electron chi connectivity index (χ0n) is 20.0. The van der Waals surface area contributed by atoms with Gasteiger partial charge < -0.3 is 19.4 Å². The molecular formula is C26H25BrFN3O5S. The lowest BCUT2D eigenvalue weighted by atomic mass is 10.1. The van der Waals surface area contributed by atoms with Gasteiger partial charge in [-0.15, -0.1) is 0 Å².